The summed E-state index contributed by atoms with van der Waals surface area (Å²) in [4.78, 5) is 21.2. The zero-order valence-corrected chi connectivity index (χ0v) is 24.3. The number of rotatable bonds is 12. The number of hydrogen-bond acceptors (Lipinski definition) is 8. The second kappa shape index (κ2) is 12.0. The van der Waals surface area contributed by atoms with Crippen molar-refractivity contribution in [2.45, 2.75) is 43.9 Å². The van der Waals surface area contributed by atoms with Crippen molar-refractivity contribution in [3.63, 3.8) is 0 Å². The first kappa shape index (κ1) is 28.4. The molecule has 13 heteroatoms. The van der Waals surface area contributed by atoms with Crippen LogP contribution in [0, 0.1) is 0 Å². The van der Waals surface area contributed by atoms with E-state index < -0.39 is 24.0 Å². The summed E-state index contributed by atoms with van der Waals surface area (Å²) < 4.78 is 34.9. The van der Waals surface area contributed by atoms with E-state index in [4.69, 9.17) is 4.74 Å². The number of sulfonamides is 1. The number of carbonyl (C=O) groups excluding carboxylic acids is 1. The lowest BCUT2D eigenvalue weighted by molar-refractivity contribution is 0.0802. The number of hydrazine groups is 1. The molecule has 3 aromatic heterocycles. The van der Waals surface area contributed by atoms with Crippen LogP contribution in [0.4, 0.5) is 5.69 Å². The number of nitrogens with zero attached hydrogens (tertiary/aromatic N) is 5. The Labute approximate surface area is 229 Å². The third-order valence-electron chi connectivity index (χ3n) is 6.08. The minimum atomic E-state index is -3.81. The Hall–Kier alpha value is -3.65. The quantitative estimate of drug-likeness (QED) is 0.151. The molecule has 206 valence electrons. The Morgan fingerprint density at radius 2 is 1.82 bits per heavy atom. The van der Waals surface area contributed by atoms with E-state index in [1.807, 2.05) is 0 Å². The van der Waals surface area contributed by atoms with Crippen LogP contribution in [-0.2, 0) is 28.0 Å². The molecule has 1 amide bonds. The van der Waals surface area contributed by atoms with Gasteiger partial charge in [-0.2, -0.15) is 5.10 Å². The summed E-state index contributed by atoms with van der Waals surface area (Å²) in [6.45, 7) is 7.91. The van der Waals surface area contributed by atoms with Gasteiger partial charge in [-0.15, -0.1) is 0 Å². The Morgan fingerprint density at radius 3 is 2.56 bits per heavy atom. The van der Waals surface area contributed by atoms with Gasteiger partial charge >= 0.3 is 0 Å². The van der Waals surface area contributed by atoms with Crippen molar-refractivity contribution in [1.82, 2.24) is 30.6 Å². The molecule has 0 bridgehead atoms. The lowest BCUT2D eigenvalue weighted by Crippen LogP contribution is -2.38. The second-order valence-electron chi connectivity index (χ2n) is 10.2. The minimum absolute atomic E-state index is 0.0871. The lowest BCUT2D eigenvalue weighted by Gasteiger charge is -2.22. The highest BCUT2D eigenvalue weighted by Crippen LogP contribution is 2.25. The predicted molar refractivity (Wildman–Crippen MR) is 152 cm³/mol. The number of pyridine rings is 2. The van der Waals surface area contributed by atoms with E-state index in [9.17, 15) is 13.2 Å². The maximum absolute atomic E-state index is 13.1. The molecular formula is C26H33N7O4SSi. The molecule has 0 fully saturated rings. The molecule has 4 rings (SSSR count). The summed E-state index contributed by atoms with van der Waals surface area (Å²) >= 11 is 0. The van der Waals surface area contributed by atoms with Crippen molar-refractivity contribution in [2.75, 3.05) is 18.0 Å². The fraction of sp³-hybridized carbons (Fsp3) is 0.308. The molecule has 0 saturated carbocycles. The first-order valence-corrected chi connectivity index (χ1v) is 17.6. The van der Waals surface area contributed by atoms with Gasteiger partial charge in [-0.05, 0) is 35.9 Å². The van der Waals surface area contributed by atoms with E-state index in [1.165, 1.54) is 29.8 Å². The predicted octanol–water partition coefficient (Wildman–Crippen LogP) is 3.40. The Bertz CT molecular complexity index is 1540. The normalized spacial score (nSPS) is 12.0. The molecule has 0 radical (unpaired) electrons. The van der Waals surface area contributed by atoms with Gasteiger partial charge in [-0.3, -0.25) is 24.5 Å². The van der Waals surface area contributed by atoms with E-state index in [0.29, 0.717) is 23.2 Å². The van der Waals surface area contributed by atoms with Crippen LogP contribution >= 0.6 is 0 Å². The molecule has 0 aliphatic heterocycles. The van der Waals surface area contributed by atoms with Crippen LogP contribution in [0.25, 0.3) is 10.9 Å². The van der Waals surface area contributed by atoms with Crippen molar-refractivity contribution in [1.29, 1.82) is 0 Å². The number of fused-ring (bicyclic) bond motifs is 1. The van der Waals surface area contributed by atoms with Crippen LogP contribution in [0.1, 0.15) is 16.1 Å². The van der Waals surface area contributed by atoms with E-state index in [0.717, 1.165) is 11.6 Å². The van der Waals surface area contributed by atoms with Crippen LogP contribution < -0.4 is 15.2 Å². The van der Waals surface area contributed by atoms with Crippen molar-refractivity contribution >= 4 is 40.6 Å². The molecule has 0 aliphatic carbocycles. The van der Waals surface area contributed by atoms with Crippen LogP contribution in [0.5, 0.6) is 0 Å². The number of para-hydroxylation sites is 1. The van der Waals surface area contributed by atoms with Gasteiger partial charge in [-0.25, -0.2) is 18.5 Å². The smallest absolute Gasteiger partial charge is 0.286 e. The first-order chi connectivity index (χ1) is 18.6. The summed E-state index contributed by atoms with van der Waals surface area (Å²) in [5.74, 6) is -0.442. The standard InChI is InChI=1S/C26H33N7O4SSi/c1-32(38(35,36)21-9-7-12-27-17-21)23-10-6-5-8-20(23)16-29-30-26(34)25-22-18-28-13-11-24(22)33(31-25)19-37-14-15-39(2,3)4/h5-13,17-18,29H,14-16,19H2,1-4H3,(H,30,34). The van der Waals surface area contributed by atoms with E-state index >= 15 is 0 Å². The fourth-order valence-corrected chi connectivity index (χ4v) is 5.81. The summed E-state index contributed by atoms with van der Waals surface area (Å²) in [5.41, 5.74) is 7.67. The number of nitrogens with one attached hydrogen (secondary N) is 2. The maximum Gasteiger partial charge on any atom is 0.286 e. The molecule has 0 aliphatic rings. The first-order valence-electron chi connectivity index (χ1n) is 12.5. The Balaban J connectivity index is 1.44. The number of aromatic nitrogens is 4. The van der Waals surface area contributed by atoms with Gasteiger partial charge < -0.3 is 4.74 Å². The van der Waals surface area contributed by atoms with Crippen molar-refractivity contribution in [3.05, 3.63) is 78.5 Å². The van der Waals surface area contributed by atoms with Gasteiger partial charge in [0.2, 0.25) is 0 Å². The molecule has 39 heavy (non-hydrogen) atoms. The topological polar surface area (TPSA) is 131 Å². The zero-order chi connectivity index (χ0) is 28.0. The highest BCUT2D eigenvalue weighted by molar-refractivity contribution is 7.92. The maximum atomic E-state index is 13.1. The molecule has 1 aromatic carbocycles. The minimum Gasteiger partial charge on any atom is -0.360 e. The molecule has 3 heterocycles. The van der Waals surface area contributed by atoms with Gasteiger partial charge in [0.25, 0.3) is 15.9 Å². The highest BCUT2D eigenvalue weighted by atomic mass is 32.2. The van der Waals surface area contributed by atoms with Gasteiger partial charge in [0.15, 0.2) is 5.69 Å². The molecule has 0 unspecified atom stereocenters. The van der Waals surface area contributed by atoms with Gasteiger partial charge in [0.05, 0.1) is 16.6 Å². The second-order valence-corrected chi connectivity index (χ2v) is 17.8. The summed E-state index contributed by atoms with van der Waals surface area (Å²) in [5, 5.41) is 5.08. The average molecular weight is 568 g/mol. The van der Waals surface area contributed by atoms with Crippen molar-refractivity contribution < 1.29 is 17.9 Å². The highest BCUT2D eigenvalue weighted by Gasteiger charge is 2.23. The number of hydrogen-bond donors (Lipinski definition) is 2. The molecule has 4 aromatic rings. The number of carbonyl (C=O) groups is 1. The SMILES string of the molecule is CN(c1ccccc1CNNC(=O)c1nn(COCC[Si](C)(C)C)c2ccncc12)S(=O)(=O)c1cccnc1. The molecule has 0 atom stereocenters. The Morgan fingerprint density at radius 1 is 1.05 bits per heavy atom. The van der Waals surface area contributed by atoms with Crippen molar-refractivity contribution in [2.24, 2.45) is 0 Å². The van der Waals surface area contributed by atoms with Crippen LogP contribution in [0.2, 0.25) is 25.7 Å². The van der Waals surface area contributed by atoms with Crippen LogP contribution in [0.3, 0.4) is 0 Å². The zero-order valence-electron chi connectivity index (χ0n) is 22.5. The van der Waals surface area contributed by atoms with Gasteiger partial charge in [0, 0.05) is 53.1 Å². The van der Waals surface area contributed by atoms with Crippen LogP contribution in [-0.4, -0.2) is 55.8 Å². The van der Waals surface area contributed by atoms with Gasteiger partial charge in [-0.1, -0.05) is 37.8 Å². The average Bonchev–Trinajstić information content (AvgIpc) is 3.29. The third-order valence-corrected chi connectivity index (χ3v) is 9.54. The number of ether oxygens (including phenoxy) is 1. The fourth-order valence-electron chi connectivity index (χ4n) is 3.85. The largest absolute Gasteiger partial charge is 0.360 e. The van der Waals surface area contributed by atoms with Crippen molar-refractivity contribution in [3.8, 4) is 0 Å². The van der Waals surface area contributed by atoms with E-state index in [-0.39, 0.29) is 23.9 Å². The molecule has 11 nitrogen and oxygen atoms in total. The Kier molecular flexibility index (Phi) is 8.75. The molecule has 0 spiro atoms. The number of amides is 1. The molecular weight excluding hydrogens is 534 g/mol. The summed E-state index contributed by atoms with van der Waals surface area (Å²) in [7, 11) is -3.55. The summed E-state index contributed by atoms with van der Waals surface area (Å²) in [6.07, 6.45) is 6.07. The van der Waals surface area contributed by atoms with E-state index in [1.54, 1.807) is 53.5 Å². The lowest BCUT2D eigenvalue weighted by atomic mass is 10.2. The number of anilines is 1. The van der Waals surface area contributed by atoms with Gasteiger partial charge in [0.1, 0.15) is 11.6 Å². The third kappa shape index (κ3) is 6.87. The van der Waals surface area contributed by atoms with E-state index in [2.05, 4.69) is 45.6 Å². The summed E-state index contributed by atoms with van der Waals surface area (Å²) in [6, 6.07) is 12.9. The van der Waals surface area contributed by atoms with Crippen LogP contribution in [0.15, 0.2) is 72.1 Å². The molecule has 0 saturated heterocycles. The molecule has 2 N–H and O–H groups in total. The monoisotopic (exact) mass is 567 g/mol. The number of benzene rings is 1.